The molecule has 2 heterocycles. The molecule has 1 unspecified atom stereocenters. The minimum absolute atomic E-state index is 0.487. The van der Waals surface area contributed by atoms with Gasteiger partial charge in [0.25, 0.3) is 0 Å². The van der Waals surface area contributed by atoms with Gasteiger partial charge in [-0.25, -0.2) is 0 Å². The number of para-hydroxylation sites is 1. The van der Waals surface area contributed by atoms with Gasteiger partial charge in [-0.05, 0) is 31.5 Å². The van der Waals surface area contributed by atoms with Gasteiger partial charge >= 0.3 is 0 Å². The summed E-state index contributed by atoms with van der Waals surface area (Å²) in [6, 6.07) is 8.36. The van der Waals surface area contributed by atoms with Gasteiger partial charge in [0.15, 0.2) is 0 Å². The lowest BCUT2D eigenvalue weighted by molar-refractivity contribution is 0.256. The Hall–Kier alpha value is -1.81. The molecule has 3 rings (SSSR count). The third kappa shape index (κ3) is 3.10. The molecular weight excluding hydrogens is 262 g/mol. The molecule has 0 fully saturated rings. The van der Waals surface area contributed by atoms with Crippen molar-refractivity contribution in [1.82, 2.24) is 15.1 Å². The lowest BCUT2D eigenvalue weighted by atomic mass is 9.93. The van der Waals surface area contributed by atoms with Crippen LogP contribution in [0, 0.1) is 6.92 Å². The molecule has 1 atom stereocenters. The SMILES string of the molecule is CCNCc1cn(CC2CCOc3ccccc32)nc1C. The molecule has 1 aliphatic heterocycles. The fraction of sp³-hybridized carbons (Fsp3) is 0.471. The first-order valence-electron chi connectivity index (χ1n) is 7.73. The predicted octanol–water partition coefficient (Wildman–Crippen LogP) is 2.87. The highest BCUT2D eigenvalue weighted by Crippen LogP contribution is 2.34. The molecule has 0 saturated heterocycles. The molecule has 112 valence electrons. The van der Waals surface area contributed by atoms with Gasteiger partial charge in [-0.2, -0.15) is 5.10 Å². The Morgan fingerprint density at radius 1 is 1.38 bits per heavy atom. The molecule has 0 radical (unpaired) electrons. The summed E-state index contributed by atoms with van der Waals surface area (Å²) >= 11 is 0. The highest BCUT2D eigenvalue weighted by Gasteiger charge is 2.22. The molecule has 1 aromatic heterocycles. The molecule has 1 aromatic carbocycles. The number of hydrogen-bond donors (Lipinski definition) is 1. The summed E-state index contributed by atoms with van der Waals surface area (Å²) in [6.45, 7) is 7.81. The number of aryl methyl sites for hydroxylation is 1. The van der Waals surface area contributed by atoms with Crippen molar-refractivity contribution in [2.75, 3.05) is 13.2 Å². The van der Waals surface area contributed by atoms with Crippen molar-refractivity contribution in [2.45, 2.75) is 39.3 Å². The second-order valence-electron chi connectivity index (χ2n) is 5.61. The lowest BCUT2D eigenvalue weighted by Crippen LogP contribution is -2.18. The van der Waals surface area contributed by atoms with E-state index in [1.807, 2.05) is 6.07 Å². The molecule has 0 spiro atoms. The summed E-state index contributed by atoms with van der Waals surface area (Å²) in [5.41, 5.74) is 3.72. The number of nitrogens with zero attached hydrogens (tertiary/aromatic N) is 2. The van der Waals surface area contributed by atoms with Crippen LogP contribution in [-0.4, -0.2) is 22.9 Å². The molecule has 1 aliphatic rings. The van der Waals surface area contributed by atoms with Gasteiger partial charge in [-0.1, -0.05) is 25.1 Å². The smallest absolute Gasteiger partial charge is 0.122 e. The van der Waals surface area contributed by atoms with Crippen LogP contribution in [0.5, 0.6) is 5.75 Å². The minimum Gasteiger partial charge on any atom is -0.493 e. The van der Waals surface area contributed by atoms with Gasteiger partial charge in [0.2, 0.25) is 0 Å². The normalized spacial score (nSPS) is 17.3. The number of ether oxygens (including phenoxy) is 1. The number of rotatable bonds is 5. The number of aromatic nitrogens is 2. The largest absolute Gasteiger partial charge is 0.493 e. The van der Waals surface area contributed by atoms with Crippen LogP contribution < -0.4 is 10.1 Å². The van der Waals surface area contributed by atoms with Gasteiger partial charge in [0.1, 0.15) is 5.75 Å². The quantitative estimate of drug-likeness (QED) is 0.918. The van der Waals surface area contributed by atoms with Crippen LogP contribution in [0.25, 0.3) is 0 Å². The van der Waals surface area contributed by atoms with Gasteiger partial charge < -0.3 is 10.1 Å². The van der Waals surface area contributed by atoms with Gasteiger partial charge in [-0.3, -0.25) is 4.68 Å². The maximum Gasteiger partial charge on any atom is 0.122 e. The minimum atomic E-state index is 0.487. The average Bonchev–Trinajstić information content (AvgIpc) is 2.85. The van der Waals surface area contributed by atoms with Crippen LogP contribution in [0.2, 0.25) is 0 Å². The van der Waals surface area contributed by atoms with E-state index in [-0.39, 0.29) is 0 Å². The van der Waals surface area contributed by atoms with Gasteiger partial charge in [0, 0.05) is 30.8 Å². The first kappa shape index (κ1) is 14.1. The van der Waals surface area contributed by atoms with E-state index < -0.39 is 0 Å². The van der Waals surface area contributed by atoms with Gasteiger partial charge in [-0.15, -0.1) is 0 Å². The van der Waals surface area contributed by atoms with Crippen molar-refractivity contribution < 1.29 is 4.74 Å². The summed E-state index contributed by atoms with van der Waals surface area (Å²) in [5, 5.41) is 8.03. The summed E-state index contributed by atoms with van der Waals surface area (Å²) < 4.78 is 7.83. The molecule has 1 N–H and O–H groups in total. The van der Waals surface area contributed by atoms with Crippen molar-refractivity contribution in [2.24, 2.45) is 0 Å². The summed E-state index contributed by atoms with van der Waals surface area (Å²) in [4.78, 5) is 0. The van der Waals surface area contributed by atoms with Gasteiger partial charge in [0.05, 0.1) is 12.3 Å². The lowest BCUT2D eigenvalue weighted by Gasteiger charge is -2.25. The molecular formula is C17H23N3O. The highest BCUT2D eigenvalue weighted by molar-refractivity contribution is 5.37. The van der Waals surface area contributed by atoms with E-state index in [0.717, 1.165) is 44.1 Å². The number of hydrogen-bond acceptors (Lipinski definition) is 3. The first-order chi connectivity index (χ1) is 10.3. The van der Waals surface area contributed by atoms with Crippen LogP contribution in [0.15, 0.2) is 30.5 Å². The molecule has 21 heavy (non-hydrogen) atoms. The zero-order valence-electron chi connectivity index (χ0n) is 12.8. The number of fused-ring (bicyclic) bond motifs is 1. The fourth-order valence-electron chi connectivity index (χ4n) is 2.92. The van der Waals surface area contributed by atoms with Crippen LogP contribution >= 0.6 is 0 Å². The fourth-order valence-corrected chi connectivity index (χ4v) is 2.92. The number of benzene rings is 1. The van der Waals surface area contributed by atoms with E-state index in [9.17, 15) is 0 Å². The van der Waals surface area contributed by atoms with Crippen molar-refractivity contribution >= 4 is 0 Å². The summed E-state index contributed by atoms with van der Waals surface area (Å²) in [6.07, 6.45) is 3.23. The van der Waals surface area contributed by atoms with Crippen molar-refractivity contribution in [3.63, 3.8) is 0 Å². The highest BCUT2D eigenvalue weighted by atomic mass is 16.5. The number of nitrogens with one attached hydrogen (secondary N) is 1. The van der Waals surface area contributed by atoms with Crippen LogP contribution in [0.3, 0.4) is 0 Å². The van der Waals surface area contributed by atoms with Crippen molar-refractivity contribution in [3.8, 4) is 5.75 Å². The second-order valence-corrected chi connectivity index (χ2v) is 5.61. The second kappa shape index (κ2) is 6.31. The third-order valence-electron chi connectivity index (χ3n) is 4.10. The van der Waals surface area contributed by atoms with E-state index in [4.69, 9.17) is 4.74 Å². The van der Waals surface area contributed by atoms with Crippen LogP contribution in [0.1, 0.15) is 36.1 Å². The zero-order chi connectivity index (χ0) is 14.7. The van der Waals surface area contributed by atoms with E-state index >= 15 is 0 Å². The van der Waals surface area contributed by atoms with Crippen LogP contribution in [-0.2, 0) is 13.1 Å². The Balaban J connectivity index is 1.75. The Morgan fingerprint density at radius 3 is 3.10 bits per heavy atom. The maximum absolute atomic E-state index is 5.73. The Morgan fingerprint density at radius 2 is 2.24 bits per heavy atom. The summed E-state index contributed by atoms with van der Waals surface area (Å²) in [7, 11) is 0. The molecule has 4 heteroatoms. The van der Waals surface area contributed by atoms with E-state index in [2.05, 4.69) is 53.3 Å². The Labute approximate surface area is 126 Å². The Bertz CT molecular complexity index is 606. The third-order valence-corrected chi connectivity index (χ3v) is 4.10. The Kier molecular flexibility index (Phi) is 4.25. The molecule has 0 aliphatic carbocycles. The monoisotopic (exact) mass is 285 g/mol. The average molecular weight is 285 g/mol. The standard InChI is InChI=1S/C17H23N3O/c1-3-18-10-15-12-20(19-13(15)2)11-14-8-9-21-17-7-5-4-6-16(14)17/h4-7,12,14,18H,3,8-11H2,1-2H3. The zero-order valence-corrected chi connectivity index (χ0v) is 12.8. The topological polar surface area (TPSA) is 39.1 Å². The molecule has 2 aromatic rings. The summed E-state index contributed by atoms with van der Waals surface area (Å²) in [5.74, 6) is 1.52. The molecule has 0 amide bonds. The van der Waals surface area contributed by atoms with E-state index in [1.54, 1.807) is 0 Å². The van der Waals surface area contributed by atoms with Crippen molar-refractivity contribution in [3.05, 3.63) is 47.3 Å². The van der Waals surface area contributed by atoms with E-state index in [1.165, 1.54) is 11.1 Å². The first-order valence-corrected chi connectivity index (χ1v) is 7.73. The predicted molar refractivity (Wildman–Crippen MR) is 83.6 cm³/mol. The molecule has 0 saturated carbocycles. The van der Waals surface area contributed by atoms with Crippen LogP contribution in [0.4, 0.5) is 0 Å². The molecule has 4 nitrogen and oxygen atoms in total. The maximum atomic E-state index is 5.73. The van der Waals surface area contributed by atoms with E-state index in [0.29, 0.717) is 5.92 Å². The molecule has 0 bridgehead atoms. The van der Waals surface area contributed by atoms with Crippen molar-refractivity contribution in [1.29, 1.82) is 0 Å².